The molecule has 3 rings (SSSR count). The first kappa shape index (κ1) is 32.5. The van der Waals surface area contributed by atoms with Gasteiger partial charge in [0.05, 0.1) is 24.8 Å². The molecule has 1 N–H and O–H groups in total. The Morgan fingerprint density at radius 2 is 1.38 bits per heavy atom. The number of anilines is 1. The van der Waals surface area contributed by atoms with Gasteiger partial charge in [-0.25, -0.2) is 8.42 Å². The summed E-state index contributed by atoms with van der Waals surface area (Å²) in [6, 6.07) is 19.3. The highest BCUT2D eigenvalue weighted by Gasteiger charge is 2.34. The number of carbonyl (C=O) groups excluding carboxylic acids is 2. The van der Waals surface area contributed by atoms with Crippen LogP contribution in [0.15, 0.2) is 77.7 Å². The van der Waals surface area contributed by atoms with Crippen LogP contribution in [0.3, 0.4) is 0 Å². The monoisotopic (exact) mass is 595 g/mol. The number of benzene rings is 3. The Hall–Kier alpha value is -4.05. The molecule has 2 atom stereocenters. The van der Waals surface area contributed by atoms with Gasteiger partial charge in [-0.1, -0.05) is 43.7 Å². The van der Waals surface area contributed by atoms with Crippen molar-refractivity contribution in [3.63, 3.8) is 0 Å². The number of carbonyl (C=O) groups is 2. The minimum atomic E-state index is -4.15. The molecule has 0 aromatic heterocycles. The van der Waals surface area contributed by atoms with Crippen LogP contribution in [-0.2, 0) is 26.2 Å². The number of sulfonamides is 1. The summed E-state index contributed by atoms with van der Waals surface area (Å²) in [6.07, 6.45) is 1.08. The van der Waals surface area contributed by atoms with Gasteiger partial charge in [0.25, 0.3) is 10.0 Å². The zero-order valence-corrected chi connectivity index (χ0v) is 26.0. The Kier molecular flexibility index (Phi) is 11.4. The predicted molar refractivity (Wildman–Crippen MR) is 164 cm³/mol. The predicted octanol–water partition coefficient (Wildman–Crippen LogP) is 4.93. The quantitative estimate of drug-likeness (QED) is 0.283. The fourth-order valence-corrected chi connectivity index (χ4v) is 5.82. The van der Waals surface area contributed by atoms with E-state index < -0.39 is 28.5 Å². The van der Waals surface area contributed by atoms with Gasteiger partial charge in [0.1, 0.15) is 24.1 Å². The third-order valence-electron chi connectivity index (χ3n) is 7.15. The van der Waals surface area contributed by atoms with Crippen LogP contribution in [0.4, 0.5) is 5.69 Å². The van der Waals surface area contributed by atoms with E-state index >= 15 is 0 Å². The normalized spacial score (nSPS) is 12.6. The van der Waals surface area contributed by atoms with E-state index in [1.54, 1.807) is 55.6 Å². The zero-order chi connectivity index (χ0) is 30.9. The first-order chi connectivity index (χ1) is 20.0. The van der Waals surface area contributed by atoms with E-state index in [4.69, 9.17) is 9.47 Å². The minimum absolute atomic E-state index is 0.0555. The molecule has 42 heavy (non-hydrogen) atoms. The minimum Gasteiger partial charge on any atom is -0.497 e. The second kappa shape index (κ2) is 14.7. The summed E-state index contributed by atoms with van der Waals surface area (Å²) < 4.78 is 39.5. The van der Waals surface area contributed by atoms with Crippen molar-refractivity contribution in [2.75, 3.05) is 25.1 Å². The number of ether oxygens (including phenoxy) is 2. The maximum absolute atomic E-state index is 14.2. The van der Waals surface area contributed by atoms with Crippen molar-refractivity contribution in [2.24, 2.45) is 0 Å². The number of rotatable bonds is 14. The van der Waals surface area contributed by atoms with Gasteiger partial charge >= 0.3 is 0 Å². The van der Waals surface area contributed by atoms with Gasteiger partial charge in [0.2, 0.25) is 11.8 Å². The van der Waals surface area contributed by atoms with Crippen molar-refractivity contribution in [1.82, 2.24) is 10.2 Å². The van der Waals surface area contributed by atoms with Crippen molar-refractivity contribution in [2.45, 2.75) is 64.1 Å². The van der Waals surface area contributed by atoms with Crippen molar-refractivity contribution in [3.8, 4) is 11.5 Å². The largest absolute Gasteiger partial charge is 0.497 e. The lowest BCUT2D eigenvalue weighted by Crippen LogP contribution is -2.53. The number of methoxy groups -OCH3 is 2. The highest BCUT2D eigenvalue weighted by molar-refractivity contribution is 7.92. The SMILES string of the molecule is CCC(C)NC(=O)C(CC)N(Cc1ccc(OC)cc1)C(=O)CN(c1ccc(OC)cc1)S(=O)(=O)c1ccc(C)cc1. The van der Waals surface area contributed by atoms with Gasteiger partial charge in [-0.2, -0.15) is 0 Å². The summed E-state index contributed by atoms with van der Waals surface area (Å²) in [5.41, 5.74) is 1.98. The first-order valence-corrected chi connectivity index (χ1v) is 15.4. The molecular weight excluding hydrogens is 554 g/mol. The molecular formula is C32H41N3O6S. The van der Waals surface area contributed by atoms with E-state index in [9.17, 15) is 18.0 Å². The topological polar surface area (TPSA) is 105 Å². The number of amides is 2. The Balaban J connectivity index is 2.06. The molecule has 0 aliphatic carbocycles. The maximum atomic E-state index is 14.2. The molecule has 0 radical (unpaired) electrons. The molecule has 9 nitrogen and oxygen atoms in total. The Bertz CT molecular complexity index is 1420. The number of hydrogen-bond donors (Lipinski definition) is 1. The fourth-order valence-electron chi connectivity index (χ4n) is 4.40. The molecule has 0 saturated heterocycles. The fraction of sp³-hybridized carbons (Fsp3) is 0.375. The standard InChI is InChI=1S/C32H41N3O6S/c1-7-24(4)33-32(37)30(8-2)34(21-25-11-15-27(40-5)16-12-25)31(36)22-35(26-13-17-28(41-6)18-14-26)42(38,39)29-19-9-23(3)10-20-29/h9-20,24,30H,7-8,21-22H2,1-6H3,(H,33,37). The van der Waals surface area contributed by atoms with Gasteiger partial charge in [0.15, 0.2) is 0 Å². The highest BCUT2D eigenvalue weighted by atomic mass is 32.2. The Morgan fingerprint density at radius 1 is 0.833 bits per heavy atom. The molecule has 3 aromatic carbocycles. The van der Waals surface area contributed by atoms with Gasteiger partial charge < -0.3 is 19.7 Å². The third kappa shape index (κ3) is 8.03. The zero-order valence-electron chi connectivity index (χ0n) is 25.2. The van der Waals surface area contributed by atoms with Crippen molar-refractivity contribution >= 4 is 27.5 Å². The summed E-state index contributed by atoms with van der Waals surface area (Å²) in [7, 11) is -1.06. The van der Waals surface area contributed by atoms with E-state index in [2.05, 4.69) is 5.32 Å². The lowest BCUT2D eigenvalue weighted by atomic mass is 10.1. The van der Waals surface area contributed by atoms with Gasteiger partial charge in [-0.05, 0) is 80.8 Å². The second-order valence-electron chi connectivity index (χ2n) is 10.1. The second-order valence-corrected chi connectivity index (χ2v) is 12.0. The summed E-state index contributed by atoms with van der Waals surface area (Å²) in [5, 5.41) is 2.98. The van der Waals surface area contributed by atoms with Crippen molar-refractivity contribution in [3.05, 3.63) is 83.9 Å². The Labute approximate surface area is 249 Å². The van der Waals surface area contributed by atoms with Crippen LogP contribution < -0.4 is 19.1 Å². The number of aryl methyl sites for hydroxylation is 1. The molecule has 0 saturated carbocycles. The molecule has 0 bridgehead atoms. The molecule has 226 valence electrons. The number of nitrogens with one attached hydrogen (secondary N) is 1. The highest BCUT2D eigenvalue weighted by Crippen LogP contribution is 2.27. The summed E-state index contributed by atoms with van der Waals surface area (Å²) >= 11 is 0. The Morgan fingerprint density at radius 3 is 1.88 bits per heavy atom. The molecule has 0 fully saturated rings. The van der Waals surface area contributed by atoms with Crippen molar-refractivity contribution in [1.29, 1.82) is 0 Å². The van der Waals surface area contributed by atoms with E-state index in [1.165, 1.54) is 24.1 Å². The van der Waals surface area contributed by atoms with E-state index in [-0.39, 0.29) is 23.4 Å². The van der Waals surface area contributed by atoms with Crippen LogP contribution in [-0.4, -0.2) is 58.0 Å². The lowest BCUT2D eigenvalue weighted by molar-refractivity contribution is -0.140. The maximum Gasteiger partial charge on any atom is 0.264 e. The van der Waals surface area contributed by atoms with Crippen molar-refractivity contribution < 1.29 is 27.5 Å². The van der Waals surface area contributed by atoms with Crippen LogP contribution in [0.25, 0.3) is 0 Å². The summed E-state index contributed by atoms with van der Waals surface area (Å²) in [6.45, 7) is 7.17. The molecule has 0 aliphatic rings. The van der Waals surface area contributed by atoms with Gasteiger partial charge in [0, 0.05) is 12.6 Å². The number of nitrogens with zero attached hydrogens (tertiary/aromatic N) is 2. The summed E-state index contributed by atoms with van der Waals surface area (Å²) in [4.78, 5) is 29.1. The molecule has 0 aliphatic heterocycles. The van der Waals surface area contributed by atoms with E-state index in [0.29, 0.717) is 23.6 Å². The van der Waals surface area contributed by atoms with E-state index in [0.717, 1.165) is 21.9 Å². The molecule has 10 heteroatoms. The van der Waals surface area contributed by atoms with Crippen LogP contribution in [0.1, 0.15) is 44.7 Å². The van der Waals surface area contributed by atoms with Crippen LogP contribution >= 0.6 is 0 Å². The van der Waals surface area contributed by atoms with Gasteiger partial charge in [-0.15, -0.1) is 0 Å². The van der Waals surface area contributed by atoms with Crippen LogP contribution in [0.5, 0.6) is 11.5 Å². The van der Waals surface area contributed by atoms with Gasteiger partial charge in [-0.3, -0.25) is 13.9 Å². The average Bonchev–Trinajstić information content (AvgIpc) is 3.00. The number of hydrogen-bond acceptors (Lipinski definition) is 6. The molecule has 0 heterocycles. The van der Waals surface area contributed by atoms with E-state index in [1.807, 2.05) is 39.8 Å². The molecule has 2 amide bonds. The lowest BCUT2D eigenvalue weighted by Gasteiger charge is -2.33. The average molecular weight is 596 g/mol. The summed E-state index contributed by atoms with van der Waals surface area (Å²) in [5.74, 6) is 0.411. The first-order valence-electron chi connectivity index (χ1n) is 14.0. The third-order valence-corrected chi connectivity index (χ3v) is 8.94. The molecule has 2 unspecified atom stereocenters. The molecule has 3 aromatic rings. The smallest absolute Gasteiger partial charge is 0.264 e. The van der Waals surface area contributed by atoms with Crippen LogP contribution in [0, 0.1) is 6.92 Å². The van der Waals surface area contributed by atoms with Crippen LogP contribution in [0.2, 0.25) is 0 Å². The molecule has 0 spiro atoms.